The number of aliphatic carboxylic acids is 1. The molecule has 0 aromatic carbocycles. The molecule has 49 heavy (non-hydrogen) atoms. The highest BCUT2D eigenvalue weighted by Crippen LogP contribution is 2.25. The molecule has 15 heteroatoms. The maximum atomic E-state index is 11.7. The number of carboxylic acid groups (broad SMARTS) is 1. The number of rotatable bonds is 7. The lowest BCUT2D eigenvalue weighted by atomic mass is 9.95. The van der Waals surface area contributed by atoms with Crippen molar-refractivity contribution in [2.75, 3.05) is 48.0 Å². The summed E-state index contributed by atoms with van der Waals surface area (Å²) in [6.45, 7) is 12.3. The first-order valence-corrected chi connectivity index (χ1v) is 16.8. The topological polar surface area (TPSA) is 184 Å². The molecule has 3 aliphatic rings. The quantitative estimate of drug-likeness (QED) is 0.366. The lowest BCUT2D eigenvalue weighted by molar-refractivity contribution is -0.161. The van der Waals surface area contributed by atoms with Gasteiger partial charge in [-0.1, -0.05) is 0 Å². The molecule has 14 nitrogen and oxygen atoms in total. The second-order valence-electron chi connectivity index (χ2n) is 15.1. The van der Waals surface area contributed by atoms with Gasteiger partial charge in [0.1, 0.15) is 23.4 Å². The molecule has 286 valence electrons. The zero-order valence-electron chi connectivity index (χ0n) is 31.2. The van der Waals surface area contributed by atoms with Crippen LogP contribution in [0, 0.1) is 11.8 Å². The zero-order valence-corrected chi connectivity index (χ0v) is 32.0. The van der Waals surface area contributed by atoms with Gasteiger partial charge in [0, 0.05) is 34.2 Å². The molecule has 0 spiro atoms. The molecule has 0 aromatic heterocycles. The molecule has 3 rings (SSSR count). The molecule has 0 saturated carbocycles. The summed E-state index contributed by atoms with van der Waals surface area (Å²) in [7, 11) is 6.91. The first-order chi connectivity index (χ1) is 22.1. The van der Waals surface area contributed by atoms with Gasteiger partial charge in [0.2, 0.25) is 0 Å². The molecular weight excluding hydrogens is 662 g/mol. The van der Waals surface area contributed by atoms with E-state index in [1.54, 1.807) is 38.0 Å². The summed E-state index contributed by atoms with van der Waals surface area (Å²) in [5.41, 5.74) is 4.70. The highest BCUT2D eigenvalue weighted by Gasteiger charge is 2.31. The Kier molecular flexibility index (Phi) is 20.5. The third-order valence-electron chi connectivity index (χ3n) is 7.51. The number of likely N-dealkylation sites (N-methyl/N-ethyl adjacent to an activating group) is 2. The molecular formula is C34H62ClN3O11. The van der Waals surface area contributed by atoms with Gasteiger partial charge in [0.15, 0.2) is 6.10 Å². The van der Waals surface area contributed by atoms with E-state index >= 15 is 0 Å². The van der Waals surface area contributed by atoms with E-state index in [1.165, 1.54) is 0 Å². The van der Waals surface area contributed by atoms with Gasteiger partial charge in [0.05, 0.1) is 32.7 Å². The summed E-state index contributed by atoms with van der Waals surface area (Å²) >= 11 is 0. The van der Waals surface area contributed by atoms with E-state index in [9.17, 15) is 24.0 Å². The second-order valence-corrected chi connectivity index (χ2v) is 15.1. The average molecular weight is 724 g/mol. The standard InChI is InChI=1S/C14H25NO4.C12H20O5.C8H16N2O2.ClH/c1-14(2,3)19-12(16)8-10-6-7-11(18-9-10)13(17)15(4)5;1-12(2,3)17-10(13)6-8-4-5-9(11(14)15)16-7-8;1-10(2)8(11)7-4-3-6(9)5-12-7;/h10-11H,6-9H2,1-5H3;8-9H,4-7H2,1-3H3,(H,14,15);6-7H,3-5,9H2,1-2H3;1H/t10-,11-;8-,9-;6-,7+;/m001./s1. The zero-order chi connectivity index (χ0) is 36.8. The lowest BCUT2D eigenvalue weighted by Gasteiger charge is -2.30. The number of carbonyl (C=O) groups excluding carboxylic acids is 4. The van der Waals surface area contributed by atoms with Crippen molar-refractivity contribution in [2.45, 2.75) is 128 Å². The molecule has 3 fully saturated rings. The number of esters is 2. The Bertz CT molecular complexity index is 1030. The van der Waals surface area contributed by atoms with Crippen LogP contribution in [0.4, 0.5) is 0 Å². The van der Waals surface area contributed by atoms with Crippen LogP contribution in [0.2, 0.25) is 0 Å². The SMILES string of the molecule is CC(C)(C)OC(=O)C[C@@H]1CC[C@@H](C(=O)O)OC1.CN(C)C(=O)[C@@H]1CC[C@@H](CC(=O)OC(C)(C)C)CO1.CN(C)C(=O)[C@@H]1CC[C@@H](N)CO1.Cl. The molecule has 0 aliphatic carbocycles. The van der Waals surface area contributed by atoms with Gasteiger partial charge < -0.3 is 44.3 Å². The number of carboxylic acids is 1. The Balaban J connectivity index is 0.000000715. The van der Waals surface area contributed by atoms with Crippen LogP contribution >= 0.6 is 12.4 Å². The fourth-order valence-electron chi connectivity index (χ4n) is 5.10. The number of nitrogens with zero attached hydrogens (tertiary/aromatic N) is 2. The average Bonchev–Trinajstić information content (AvgIpc) is 2.96. The largest absolute Gasteiger partial charge is 0.479 e. The van der Waals surface area contributed by atoms with E-state index in [4.69, 9.17) is 34.5 Å². The third-order valence-corrected chi connectivity index (χ3v) is 7.51. The molecule has 3 saturated heterocycles. The van der Waals surface area contributed by atoms with Crippen molar-refractivity contribution in [1.82, 2.24) is 9.80 Å². The third kappa shape index (κ3) is 20.1. The summed E-state index contributed by atoms with van der Waals surface area (Å²) in [6, 6.07) is 0.108. The van der Waals surface area contributed by atoms with E-state index < -0.39 is 23.3 Å². The molecule has 3 heterocycles. The summed E-state index contributed by atoms with van der Waals surface area (Å²) in [4.78, 5) is 60.1. The lowest BCUT2D eigenvalue weighted by Crippen LogP contribution is -2.43. The van der Waals surface area contributed by atoms with Gasteiger partial charge in [-0.05, 0) is 91.9 Å². The second kappa shape index (κ2) is 21.6. The normalized spacial score (nSPS) is 25.4. The Morgan fingerprint density at radius 2 is 0.980 bits per heavy atom. The monoisotopic (exact) mass is 723 g/mol. The predicted octanol–water partition coefficient (Wildman–Crippen LogP) is 3.20. The van der Waals surface area contributed by atoms with Crippen molar-refractivity contribution in [3.63, 3.8) is 0 Å². The summed E-state index contributed by atoms with van der Waals surface area (Å²) in [6.07, 6.45) is 3.59. The maximum absolute atomic E-state index is 11.7. The van der Waals surface area contributed by atoms with Crippen LogP contribution in [0.15, 0.2) is 0 Å². The van der Waals surface area contributed by atoms with E-state index in [2.05, 4.69) is 0 Å². The Morgan fingerprint density at radius 1 is 0.633 bits per heavy atom. The molecule has 0 aromatic rings. The molecule has 6 atom stereocenters. The predicted molar refractivity (Wildman–Crippen MR) is 185 cm³/mol. The van der Waals surface area contributed by atoms with Crippen molar-refractivity contribution >= 4 is 42.1 Å². The van der Waals surface area contributed by atoms with E-state index in [0.717, 1.165) is 19.3 Å². The van der Waals surface area contributed by atoms with Crippen LogP contribution in [-0.2, 0) is 47.7 Å². The molecule has 3 N–H and O–H groups in total. The Labute approximate surface area is 298 Å². The fraction of sp³-hybridized carbons (Fsp3) is 0.853. The number of nitrogens with two attached hydrogens (primary N) is 1. The minimum absolute atomic E-state index is 0. The molecule has 0 radical (unpaired) electrons. The highest BCUT2D eigenvalue weighted by atomic mass is 35.5. The van der Waals surface area contributed by atoms with Crippen LogP contribution in [-0.4, -0.2) is 128 Å². The van der Waals surface area contributed by atoms with Crippen LogP contribution in [0.3, 0.4) is 0 Å². The van der Waals surface area contributed by atoms with Gasteiger partial charge >= 0.3 is 17.9 Å². The molecule has 3 aliphatic heterocycles. The van der Waals surface area contributed by atoms with Crippen LogP contribution < -0.4 is 5.73 Å². The van der Waals surface area contributed by atoms with Crippen molar-refractivity contribution in [1.29, 1.82) is 0 Å². The van der Waals surface area contributed by atoms with Crippen LogP contribution in [0.1, 0.15) is 92.9 Å². The first kappa shape index (κ1) is 46.5. The van der Waals surface area contributed by atoms with Crippen molar-refractivity contribution in [2.24, 2.45) is 17.6 Å². The number of halogens is 1. The van der Waals surface area contributed by atoms with Crippen molar-refractivity contribution in [3.8, 4) is 0 Å². The van der Waals surface area contributed by atoms with Crippen molar-refractivity contribution < 1.29 is 52.8 Å². The van der Waals surface area contributed by atoms with Crippen molar-refractivity contribution in [3.05, 3.63) is 0 Å². The van der Waals surface area contributed by atoms with E-state index in [0.29, 0.717) is 51.9 Å². The summed E-state index contributed by atoms with van der Waals surface area (Å²) in [5.74, 6) is -1.11. The minimum atomic E-state index is -0.930. The number of carbonyl (C=O) groups is 5. The number of hydrogen-bond donors (Lipinski definition) is 2. The Morgan fingerprint density at radius 3 is 1.24 bits per heavy atom. The summed E-state index contributed by atoms with van der Waals surface area (Å²) < 4.78 is 26.5. The van der Waals surface area contributed by atoms with E-state index in [-0.39, 0.29) is 66.2 Å². The van der Waals surface area contributed by atoms with Gasteiger partial charge in [-0.25, -0.2) is 4.79 Å². The van der Waals surface area contributed by atoms with Gasteiger partial charge in [-0.3, -0.25) is 19.2 Å². The van der Waals surface area contributed by atoms with Gasteiger partial charge in [-0.15, -0.1) is 12.4 Å². The van der Waals surface area contributed by atoms with Gasteiger partial charge in [-0.2, -0.15) is 0 Å². The van der Waals surface area contributed by atoms with Crippen LogP contribution in [0.25, 0.3) is 0 Å². The fourth-order valence-corrected chi connectivity index (χ4v) is 5.10. The van der Waals surface area contributed by atoms with Gasteiger partial charge in [0.25, 0.3) is 11.8 Å². The molecule has 0 bridgehead atoms. The summed E-state index contributed by atoms with van der Waals surface area (Å²) in [5, 5.41) is 8.74. The number of amides is 2. The molecule has 2 amide bonds. The first-order valence-electron chi connectivity index (χ1n) is 16.8. The number of ether oxygens (including phenoxy) is 5. The maximum Gasteiger partial charge on any atom is 0.332 e. The highest BCUT2D eigenvalue weighted by molar-refractivity contribution is 5.85. The van der Waals surface area contributed by atoms with E-state index in [1.807, 2.05) is 41.5 Å². The molecule has 0 unspecified atom stereocenters. The number of hydrogen-bond acceptors (Lipinski definition) is 11. The van der Waals surface area contributed by atoms with Crippen LogP contribution in [0.5, 0.6) is 0 Å². The smallest absolute Gasteiger partial charge is 0.332 e. The minimum Gasteiger partial charge on any atom is -0.479 e. The Hall–Kier alpha value is -2.52.